The van der Waals surface area contributed by atoms with Crippen LogP contribution >= 0.6 is 35.3 Å². The molecule has 1 N–H and O–H groups in total. The van der Waals surface area contributed by atoms with Gasteiger partial charge in [-0.05, 0) is 30.7 Å². The van der Waals surface area contributed by atoms with Gasteiger partial charge in [0.25, 0.3) is 11.8 Å². The maximum absolute atomic E-state index is 12.1. The van der Waals surface area contributed by atoms with Crippen LogP contribution in [0.4, 0.5) is 5.13 Å². The van der Waals surface area contributed by atoms with Crippen molar-refractivity contribution in [3.8, 4) is 0 Å². The zero-order valence-electron chi connectivity index (χ0n) is 12.8. The molecule has 2 amide bonds. The Hall–Kier alpha value is -2.10. The van der Waals surface area contributed by atoms with Gasteiger partial charge < -0.3 is 0 Å². The number of aryl methyl sites for hydroxylation is 1. The van der Waals surface area contributed by atoms with Gasteiger partial charge in [0.1, 0.15) is 9.33 Å². The first-order valence-corrected chi connectivity index (χ1v) is 8.91. The Morgan fingerprint density at radius 1 is 1.29 bits per heavy atom. The molecule has 1 fully saturated rings. The monoisotopic (exact) mass is 376 g/mol. The van der Waals surface area contributed by atoms with Crippen molar-refractivity contribution in [3.63, 3.8) is 0 Å². The van der Waals surface area contributed by atoms with Crippen LogP contribution in [-0.4, -0.2) is 38.3 Å². The summed E-state index contributed by atoms with van der Waals surface area (Å²) in [4.78, 5) is 26.1. The van der Waals surface area contributed by atoms with Crippen LogP contribution in [0.1, 0.15) is 20.9 Å². The van der Waals surface area contributed by atoms with Crippen LogP contribution in [0.25, 0.3) is 6.08 Å². The fourth-order valence-corrected chi connectivity index (χ4v) is 3.71. The van der Waals surface area contributed by atoms with Gasteiger partial charge in [-0.3, -0.25) is 19.8 Å². The zero-order chi connectivity index (χ0) is 17.3. The number of carbonyl (C=O) groups excluding carboxylic acids is 2. The molecule has 2 heterocycles. The third-order valence-electron chi connectivity index (χ3n) is 3.20. The van der Waals surface area contributed by atoms with E-state index in [0.29, 0.717) is 19.9 Å². The molecule has 0 spiro atoms. The molecule has 0 bridgehead atoms. The second-order valence-electron chi connectivity index (χ2n) is 4.94. The summed E-state index contributed by atoms with van der Waals surface area (Å²) in [5.41, 5.74) is 1.33. The van der Waals surface area contributed by atoms with E-state index in [0.717, 1.165) is 10.6 Å². The summed E-state index contributed by atoms with van der Waals surface area (Å²) in [6.07, 6.45) is 1.76. The van der Waals surface area contributed by atoms with Crippen molar-refractivity contribution in [1.29, 1.82) is 0 Å². The average molecular weight is 376 g/mol. The normalized spacial score (nSPS) is 16.1. The number of benzene rings is 1. The van der Waals surface area contributed by atoms with Gasteiger partial charge in [-0.25, -0.2) is 0 Å². The van der Waals surface area contributed by atoms with E-state index in [1.165, 1.54) is 28.0 Å². The molecule has 1 aliphatic rings. The Bertz CT molecular complexity index is 858. The fourth-order valence-electron chi connectivity index (χ4n) is 1.94. The summed E-state index contributed by atoms with van der Waals surface area (Å²) < 4.78 is 0.537. The lowest BCUT2D eigenvalue weighted by molar-refractivity contribution is -0.121. The highest BCUT2D eigenvalue weighted by Crippen LogP contribution is 2.31. The number of likely N-dealkylation sites (N-methyl/N-ethyl adjacent to an activating group) is 1. The van der Waals surface area contributed by atoms with E-state index in [2.05, 4.69) is 15.5 Å². The number of thioether (sulfide) groups is 1. The Labute approximate surface area is 152 Å². The molecule has 1 saturated heterocycles. The number of nitrogens with zero attached hydrogens (tertiary/aromatic N) is 3. The molecule has 0 atom stereocenters. The summed E-state index contributed by atoms with van der Waals surface area (Å²) in [5.74, 6) is -0.365. The minimum absolute atomic E-state index is 0.113. The van der Waals surface area contributed by atoms with E-state index in [-0.39, 0.29) is 11.8 Å². The molecule has 0 aliphatic carbocycles. The number of nitrogens with one attached hydrogen (secondary N) is 1. The molecule has 3 rings (SSSR count). The van der Waals surface area contributed by atoms with Gasteiger partial charge in [0.15, 0.2) is 0 Å². The van der Waals surface area contributed by atoms with Crippen LogP contribution in [0.5, 0.6) is 0 Å². The van der Waals surface area contributed by atoms with Crippen LogP contribution in [0.15, 0.2) is 29.2 Å². The maximum Gasteiger partial charge on any atom is 0.265 e. The third-order valence-corrected chi connectivity index (χ3v) is 5.44. The van der Waals surface area contributed by atoms with E-state index in [4.69, 9.17) is 12.2 Å². The highest BCUT2D eigenvalue weighted by atomic mass is 32.2. The highest BCUT2D eigenvalue weighted by molar-refractivity contribution is 8.26. The van der Waals surface area contributed by atoms with Crippen LogP contribution in [0.2, 0.25) is 0 Å². The largest absolute Gasteiger partial charge is 0.296 e. The Morgan fingerprint density at radius 3 is 2.54 bits per heavy atom. The zero-order valence-corrected chi connectivity index (χ0v) is 15.2. The molecule has 0 unspecified atom stereocenters. The van der Waals surface area contributed by atoms with Gasteiger partial charge in [0, 0.05) is 12.6 Å². The molecular formula is C15H12N4O2S3. The molecule has 122 valence electrons. The van der Waals surface area contributed by atoms with Crippen LogP contribution in [0, 0.1) is 6.92 Å². The SMILES string of the molecule is Cc1nnc(NC(=O)c2ccc(/C=C3/SC(=S)N(C)C3=O)cc2)s1. The van der Waals surface area contributed by atoms with E-state index < -0.39 is 0 Å². The molecule has 0 radical (unpaired) electrons. The smallest absolute Gasteiger partial charge is 0.265 e. The Kier molecular flexibility index (Phi) is 4.74. The lowest BCUT2D eigenvalue weighted by Gasteiger charge is -2.04. The molecule has 2 aromatic rings. The van der Waals surface area contributed by atoms with E-state index in [9.17, 15) is 9.59 Å². The molecule has 1 aromatic carbocycles. The highest BCUT2D eigenvalue weighted by Gasteiger charge is 2.28. The first kappa shape index (κ1) is 16.7. The van der Waals surface area contributed by atoms with Crippen molar-refractivity contribution >= 4 is 62.7 Å². The quantitative estimate of drug-likeness (QED) is 0.656. The number of aromatic nitrogens is 2. The van der Waals surface area contributed by atoms with Gasteiger partial charge in [0.05, 0.1) is 4.91 Å². The second kappa shape index (κ2) is 6.80. The number of thiocarbonyl (C=S) groups is 1. The predicted octanol–water partition coefficient (Wildman–Crippen LogP) is 2.93. The maximum atomic E-state index is 12.1. The standard InChI is InChI=1S/C15H12N4O2S3/c1-8-17-18-14(23-8)16-12(20)10-5-3-9(4-6-10)7-11-13(21)19(2)15(22)24-11/h3-7H,1-2H3,(H,16,18,20)/b11-7+. The fraction of sp³-hybridized carbons (Fsp3) is 0.133. The molecule has 6 nitrogen and oxygen atoms in total. The summed E-state index contributed by atoms with van der Waals surface area (Å²) >= 11 is 7.68. The second-order valence-corrected chi connectivity index (χ2v) is 7.80. The van der Waals surface area contributed by atoms with E-state index in [1.807, 2.05) is 6.92 Å². The third kappa shape index (κ3) is 3.53. The van der Waals surface area contributed by atoms with Crippen molar-refractivity contribution in [3.05, 3.63) is 45.3 Å². The molecule has 1 aliphatic heterocycles. The molecule has 1 aromatic heterocycles. The van der Waals surface area contributed by atoms with E-state index in [1.54, 1.807) is 37.4 Å². The van der Waals surface area contributed by atoms with Gasteiger partial charge in [-0.1, -0.05) is 47.4 Å². The number of amides is 2. The summed E-state index contributed by atoms with van der Waals surface area (Å²) in [5, 5.41) is 11.7. The number of hydrogen-bond acceptors (Lipinski definition) is 7. The number of rotatable bonds is 3. The number of hydrogen-bond donors (Lipinski definition) is 1. The van der Waals surface area contributed by atoms with Crippen LogP contribution in [-0.2, 0) is 4.79 Å². The van der Waals surface area contributed by atoms with Crippen molar-refractivity contribution in [2.24, 2.45) is 0 Å². The van der Waals surface area contributed by atoms with Crippen LogP contribution < -0.4 is 5.32 Å². The number of carbonyl (C=O) groups is 2. The van der Waals surface area contributed by atoms with Crippen molar-refractivity contribution in [2.75, 3.05) is 12.4 Å². The van der Waals surface area contributed by atoms with Crippen molar-refractivity contribution < 1.29 is 9.59 Å². The van der Waals surface area contributed by atoms with E-state index >= 15 is 0 Å². The lowest BCUT2D eigenvalue weighted by atomic mass is 10.1. The summed E-state index contributed by atoms with van der Waals surface area (Å²) in [7, 11) is 1.65. The minimum atomic E-state index is -0.252. The first-order valence-electron chi connectivity index (χ1n) is 6.87. The molecular weight excluding hydrogens is 364 g/mol. The first-order chi connectivity index (χ1) is 11.4. The van der Waals surface area contributed by atoms with Crippen molar-refractivity contribution in [2.45, 2.75) is 6.92 Å². The van der Waals surface area contributed by atoms with Gasteiger partial charge >= 0.3 is 0 Å². The lowest BCUT2D eigenvalue weighted by Crippen LogP contribution is -2.22. The number of anilines is 1. The topological polar surface area (TPSA) is 75.2 Å². The molecule has 9 heteroatoms. The summed E-state index contributed by atoms with van der Waals surface area (Å²) in [6.45, 7) is 1.82. The average Bonchev–Trinajstić information content (AvgIpc) is 3.07. The Morgan fingerprint density at radius 2 is 2.00 bits per heavy atom. The van der Waals surface area contributed by atoms with Crippen molar-refractivity contribution in [1.82, 2.24) is 15.1 Å². The Balaban J connectivity index is 1.73. The van der Waals surface area contributed by atoms with Gasteiger partial charge in [-0.2, -0.15) is 0 Å². The molecule has 24 heavy (non-hydrogen) atoms. The van der Waals surface area contributed by atoms with Gasteiger partial charge in [-0.15, -0.1) is 10.2 Å². The summed E-state index contributed by atoms with van der Waals surface area (Å²) in [6, 6.07) is 6.95. The predicted molar refractivity (Wildman–Crippen MR) is 100.0 cm³/mol. The molecule has 0 saturated carbocycles. The minimum Gasteiger partial charge on any atom is -0.296 e. The van der Waals surface area contributed by atoms with Crippen LogP contribution in [0.3, 0.4) is 0 Å². The van der Waals surface area contributed by atoms with Gasteiger partial charge in [0.2, 0.25) is 5.13 Å².